The van der Waals surface area contributed by atoms with Crippen LogP contribution in [0.25, 0.3) is 0 Å². The van der Waals surface area contributed by atoms with Crippen molar-refractivity contribution in [2.24, 2.45) is 5.73 Å². The van der Waals surface area contributed by atoms with Gasteiger partial charge in [0.05, 0.1) is 6.42 Å². The second kappa shape index (κ2) is 12.3. The molecule has 0 aromatic heterocycles. The second-order valence-electron chi connectivity index (χ2n) is 9.34. The van der Waals surface area contributed by atoms with E-state index in [1.807, 2.05) is 0 Å². The highest BCUT2D eigenvalue weighted by Crippen LogP contribution is 2.40. The maximum atomic E-state index is 13.1. The lowest BCUT2D eigenvalue weighted by molar-refractivity contribution is -0.192. The third-order valence-corrected chi connectivity index (χ3v) is 8.12. The van der Waals surface area contributed by atoms with Crippen molar-refractivity contribution in [3.05, 3.63) is 22.9 Å². The molecule has 4 rings (SSSR count). The summed E-state index contributed by atoms with van der Waals surface area (Å²) in [6.45, 7) is 1.45. The Hall–Kier alpha value is -3.60. The number of carbonyl (C=O) groups excluding carboxylic acids is 3. The van der Waals surface area contributed by atoms with Crippen LogP contribution in [-0.2, 0) is 28.8 Å². The minimum absolute atomic E-state index is 0.0279. The number of carboxylic acid groups (broad SMARTS) is 3. The molecule has 13 nitrogen and oxygen atoms in total. The van der Waals surface area contributed by atoms with Crippen LogP contribution in [0.4, 0.5) is 13.2 Å². The van der Waals surface area contributed by atoms with Crippen LogP contribution < -0.4 is 5.73 Å². The summed E-state index contributed by atoms with van der Waals surface area (Å²) in [5.74, 6) is -5.38. The molecule has 0 unspecified atom stereocenters. The number of β-lactam (4-membered cyclic amide) rings is 1. The SMILES string of the molecule is N[C@@H]1C(=O)N2C(C(=O)O)=C(/C=C3\CCN(C4CCN(C(=O)CCC(=O)O)CC4)C3=O)CS[C@H]12.O=C(O)C(F)(F)F. The highest BCUT2D eigenvalue weighted by molar-refractivity contribution is 8.00. The Kier molecular flexibility index (Phi) is 9.50. The quantitative estimate of drug-likeness (QED) is 0.243. The number of nitrogens with zero attached hydrogens (tertiary/aromatic N) is 3. The van der Waals surface area contributed by atoms with Gasteiger partial charge >= 0.3 is 24.1 Å². The summed E-state index contributed by atoms with van der Waals surface area (Å²) < 4.78 is 31.7. The second-order valence-corrected chi connectivity index (χ2v) is 10.4. The molecule has 4 aliphatic rings. The van der Waals surface area contributed by atoms with Crippen molar-refractivity contribution in [3.63, 3.8) is 0 Å². The molecule has 2 atom stereocenters. The molecule has 0 aromatic carbocycles. The van der Waals surface area contributed by atoms with Crippen LogP contribution in [0.15, 0.2) is 22.9 Å². The molecule has 0 spiro atoms. The first kappa shape index (κ1) is 30.9. The fourth-order valence-corrected chi connectivity index (χ4v) is 6.03. The van der Waals surface area contributed by atoms with E-state index in [4.69, 9.17) is 20.7 Å². The number of hydrogen-bond donors (Lipinski definition) is 4. The molecule has 220 valence electrons. The number of nitrogens with two attached hydrogens (primary N) is 1. The average molecular weight is 593 g/mol. The van der Waals surface area contributed by atoms with E-state index in [0.717, 1.165) is 0 Å². The van der Waals surface area contributed by atoms with Gasteiger partial charge in [0.15, 0.2) is 0 Å². The number of hydrogen-bond acceptors (Lipinski definition) is 8. The zero-order valence-corrected chi connectivity index (χ0v) is 21.7. The number of allylic oxidation sites excluding steroid dienone is 1. The van der Waals surface area contributed by atoms with Crippen LogP contribution in [0.3, 0.4) is 0 Å². The number of aliphatic carboxylic acids is 3. The molecule has 4 heterocycles. The van der Waals surface area contributed by atoms with Crippen LogP contribution in [0, 0.1) is 0 Å². The summed E-state index contributed by atoms with van der Waals surface area (Å²) in [5, 5.41) is 25.2. The normalized spacial score (nSPS) is 24.4. The molecule has 5 N–H and O–H groups in total. The fraction of sp³-hybridized carbons (Fsp3) is 0.565. The first-order valence-electron chi connectivity index (χ1n) is 12.1. The number of rotatable bonds is 6. The lowest BCUT2D eigenvalue weighted by Gasteiger charge is -2.47. The van der Waals surface area contributed by atoms with E-state index in [1.54, 1.807) is 15.9 Å². The number of amides is 3. The molecule has 0 radical (unpaired) electrons. The number of fused-ring (bicyclic) bond motifs is 1. The molecular weight excluding hydrogens is 565 g/mol. The minimum atomic E-state index is -5.08. The summed E-state index contributed by atoms with van der Waals surface area (Å²) in [5.41, 5.74) is 6.63. The minimum Gasteiger partial charge on any atom is -0.481 e. The number of alkyl halides is 3. The van der Waals surface area contributed by atoms with Gasteiger partial charge in [-0.3, -0.25) is 24.1 Å². The maximum Gasteiger partial charge on any atom is 0.490 e. The third-order valence-electron chi connectivity index (χ3n) is 6.80. The van der Waals surface area contributed by atoms with Crippen LogP contribution in [0.1, 0.15) is 32.1 Å². The maximum absolute atomic E-state index is 13.1. The molecule has 3 amide bonds. The van der Waals surface area contributed by atoms with Crippen molar-refractivity contribution in [1.82, 2.24) is 14.7 Å². The van der Waals surface area contributed by atoms with E-state index in [1.165, 1.54) is 16.7 Å². The Labute approximate surface area is 229 Å². The van der Waals surface area contributed by atoms with Gasteiger partial charge in [0.25, 0.3) is 0 Å². The van der Waals surface area contributed by atoms with E-state index < -0.39 is 36.0 Å². The van der Waals surface area contributed by atoms with Gasteiger partial charge in [-0.15, -0.1) is 11.8 Å². The molecule has 0 bridgehead atoms. The summed E-state index contributed by atoms with van der Waals surface area (Å²) in [6, 6.07) is -0.732. The Balaban J connectivity index is 0.000000559. The van der Waals surface area contributed by atoms with Crippen molar-refractivity contribution in [2.75, 3.05) is 25.4 Å². The zero-order valence-electron chi connectivity index (χ0n) is 20.9. The molecule has 4 aliphatic heterocycles. The number of halogens is 3. The number of carboxylic acids is 3. The Morgan fingerprint density at radius 2 is 1.62 bits per heavy atom. The van der Waals surface area contributed by atoms with Crippen molar-refractivity contribution in [3.8, 4) is 0 Å². The van der Waals surface area contributed by atoms with Gasteiger partial charge in [-0.1, -0.05) is 0 Å². The highest BCUT2D eigenvalue weighted by atomic mass is 32.2. The molecule has 0 aromatic rings. The standard InChI is InChI=1S/C21H26N4O7S.C2HF3O2/c22-16-19(30)25-17(21(31)32)12(10-33-20(16)25)9-11-3-8-24(18(11)29)13-4-6-23(7-5-13)14(26)1-2-15(27)28;3-2(4,5)1(6)7/h9,13,16,20H,1-8,10,22H2,(H,27,28)(H,31,32);(H,6,7)/b11-9+;/t16-,20-;/m1./s1. The molecule has 3 saturated heterocycles. The van der Waals surface area contributed by atoms with Gasteiger partial charge in [0, 0.05) is 43.4 Å². The Morgan fingerprint density at radius 1 is 1.02 bits per heavy atom. The predicted octanol–water partition coefficient (Wildman–Crippen LogP) is 0.215. The van der Waals surface area contributed by atoms with E-state index in [-0.39, 0.29) is 41.8 Å². The van der Waals surface area contributed by atoms with Crippen molar-refractivity contribution in [1.29, 1.82) is 0 Å². The smallest absolute Gasteiger partial charge is 0.481 e. The molecule has 3 fully saturated rings. The summed E-state index contributed by atoms with van der Waals surface area (Å²) in [4.78, 5) is 73.3. The Bertz CT molecular complexity index is 1160. The van der Waals surface area contributed by atoms with Gasteiger partial charge in [0.1, 0.15) is 17.1 Å². The monoisotopic (exact) mass is 592 g/mol. The lowest BCUT2D eigenvalue weighted by atomic mass is 10.0. The number of likely N-dealkylation sites (tertiary alicyclic amines) is 2. The fourth-order valence-electron chi connectivity index (χ4n) is 4.78. The van der Waals surface area contributed by atoms with E-state index >= 15 is 0 Å². The molecule has 0 aliphatic carbocycles. The first-order valence-corrected chi connectivity index (χ1v) is 13.2. The van der Waals surface area contributed by atoms with Crippen LogP contribution in [-0.4, -0.2) is 115 Å². The number of piperidine rings is 1. The van der Waals surface area contributed by atoms with E-state index in [9.17, 15) is 42.3 Å². The van der Waals surface area contributed by atoms with Gasteiger partial charge in [-0.25, -0.2) is 9.59 Å². The van der Waals surface area contributed by atoms with Gasteiger partial charge in [-0.05, 0) is 30.9 Å². The zero-order chi connectivity index (χ0) is 29.9. The van der Waals surface area contributed by atoms with E-state index in [2.05, 4.69) is 0 Å². The largest absolute Gasteiger partial charge is 0.490 e. The highest BCUT2D eigenvalue weighted by Gasteiger charge is 2.51. The van der Waals surface area contributed by atoms with Gasteiger partial charge < -0.3 is 30.9 Å². The molecule has 40 heavy (non-hydrogen) atoms. The van der Waals surface area contributed by atoms with Crippen LogP contribution in [0.2, 0.25) is 0 Å². The van der Waals surface area contributed by atoms with Gasteiger partial charge in [0.2, 0.25) is 17.7 Å². The average Bonchev–Trinajstić information content (AvgIpc) is 3.25. The number of thioether (sulfide) groups is 1. The van der Waals surface area contributed by atoms with Crippen molar-refractivity contribution < 1.29 is 57.3 Å². The lowest BCUT2D eigenvalue weighted by Crippen LogP contribution is -2.68. The van der Waals surface area contributed by atoms with Crippen LogP contribution >= 0.6 is 11.8 Å². The molecular formula is C23H27F3N4O9S. The van der Waals surface area contributed by atoms with Crippen LogP contribution in [0.5, 0.6) is 0 Å². The van der Waals surface area contributed by atoms with Crippen molar-refractivity contribution >= 4 is 47.4 Å². The van der Waals surface area contributed by atoms with Crippen molar-refractivity contribution in [2.45, 2.75) is 55.7 Å². The summed E-state index contributed by atoms with van der Waals surface area (Å²) >= 11 is 1.39. The third kappa shape index (κ3) is 6.75. The molecule has 0 saturated carbocycles. The predicted molar refractivity (Wildman–Crippen MR) is 130 cm³/mol. The van der Waals surface area contributed by atoms with Gasteiger partial charge in [-0.2, -0.15) is 13.2 Å². The molecule has 17 heteroatoms. The van der Waals surface area contributed by atoms with E-state index in [0.29, 0.717) is 55.8 Å². The first-order chi connectivity index (χ1) is 18.6. The topological polar surface area (TPSA) is 199 Å². The summed E-state index contributed by atoms with van der Waals surface area (Å²) in [6.07, 6.45) is -2.00. The number of carbonyl (C=O) groups is 6. The summed E-state index contributed by atoms with van der Waals surface area (Å²) in [7, 11) is 0. The Morgan fingerprint density at radius 3 is 2.15 bits per heavy atom.